The molecule has 160 valence electrons. The zero-order valence-corrected chi connectivity index (χ0v) is 16.8. The number of amides is 2. The number of benzene rings is 2. The van der Waals surface area contributed by atoms with E-state index in [1.54, 1.807) is 30.2 Å². The Balaban J connectivity index is 1.74. The van der Waals surface area contributed by atoms with Crippen LogP contribution < -0.4 is 4.74 Å². The highest BCUT2D eigenvalue weighted by molar-refractivity contribution is 5.85. The van der Waals surface area contributed by atoms with Gasteiger partial charge in [-0.1, -0.05) is 30.3 Å². The van der Waals surface area contributed by atoms with Gasteiger partial charge in [-0.3, -0.25) is 9.59 Å². The Labute approximate surface area is 174 Å². The predicted octanol–water partition coefficient (Wildman–Crippen LogP) is 1.58. The van der Waals surface area contributed by atoms with Crippen LogP contribution >= 0.6 is 0 Å². The number of halogens is 1. The van der Waals surface area contributed by atoms with E-state index >= 15 is 0 Å². The summed E-state index contributed by atoms with van der Waals surface area (Å²) in [5.41, 5.74) is 1.30. The SMILES string of the molecule is COc1ccc(CN2CC(OCc3ccccc3F)CN(C(=O)CO)CC2=O)cc1. The van der Waals surface area contributed by atoms with Gasteiger partial charge in [0.15, 0.2) is 0 Å². The van der Waals surface area contributed by atoms with Gasteiger partial charge in [-0.25, -0.2) is 4.39 Å². The summed E-state index contributed by atoms with van der Waals surface area (Å²) in [6.45, 7) is -0.0965. The molecule has 1 unspecified atom stereocenters. The number of rotatable bonds is 7. The van der Waals surface area contributed by atoms with Gasteiger partial charge in [0.25, 0.3) is 0 Å². The van der Waals surface area contributed by atoms with Crippen LogP contribution in [0.15, 0.2) is 48.5 Å². The molecule has 0 radical (unpaired) electrons. The number of hydrogen-bond acceptors (Lipinski definition) is 5. The van der Waals surface area contributed by atoms with Crippen molar-refractivity contribution in [2.45, 2.75) is 19.3 Å². The molecule has 1 atom stereocenters. The van der Waals surface area contributed by atoms with E-state index in [1.165, 1.54) is 11.0 Å². The van der Waals surface area contributed by atoms with Crippen LogP contribution in [0.5, 0.6) is 5.75 Å². The fraction of sp³-hybridized carbons (Fsp3) is 0.364. The van der Waals surface area contributed by atoms with Gasteiger partial charge in [0.2, 0.25) is 11.8 Å². The normalized spacial score (nSPS) is 17.0. The molecule has 0 aliphatic carbocycles. The van der Waals surface area contributed by atoms with Gasteiger partial charge in [0, 0.05) is 25.2 Å². The quantitative estimate of drug-likeness (QED) is 0.742. The molecular weight excluding hydrogens is 391 g/mol. The molecule has 1 aliphatic heterocycles. The van der Waals surface area contributed by atoms with Crippen molar-refractivity contribution in [2.75, 3.05) is 33.4 Å². The summed E-state index contributed by atoms with van der Waals surface area (Å²) in [4.78, 5) is 27.7. The maximum Gasteiger partial charge on any atom is 0.248 e. The van der Waals surface area contributed by atoms with Crippen molar-refractivity contribution in [1.82, 2.24) is 9.80 Å². The Hall–Kier alpha value is -2.97. The van der Waals surface area contributed by atoms with Gasteiger partial charge in [-0.15, -0.1) is 0 Å². The lowest BCUT2D eigenvalue weighted by Crippen LogP contribution is -2.41. The first-order valence-corrected chi connectivity index (χ1v) is 9.64. The monoisotopic (exact) mass is 416 g/mol. The number of aliphatic hydroxyl groups excluding tert-OH is 1. The molecule has 1 heterocycles. The third kappa shape index (κ3) is 5.55. The molecule has 1 N–H and O–H groups in total. The van der Waals surface area contributed by atoms with Crippen molar-refractivity contribution in [3.63, 3.8) is 0 Å². The van der Waals surface area contributed by atoms with Crippen molar-refractivity contribution in [3.05, 3.63) is 65.5 Å². The Morgan fingerprint density at radius 2 is 1.90 bits per heavy atom. The summed E-state index contributed by atoms with van der Waals surface area (Å²) in [6.07, 6.45) is -0.523. The Morgan fingerprint density at radius 3 is 2.57 bits per heavy atom. The van der Waals surface area contributed by atoms with Crippen LogP contribution in [0.25, 0.3) is 0 Å². The van der Waals surface area contributed by atoms with E-state index in [0.29, 0.717) is 17.9 Å². The third-order valence-corrected chi connectivity index (χ3v) is 4.98. The van der Waals surface area contributed by atoms with Gasteiger partial charge in [-0.05, 0) is 23.8 Å². The molecule has 2 amide bonds. The number of methoxy groups -OCH3 is 1. The second-order valence-corrected chi connectivity index (χ2v) is 7.08. The van der Waals surface area contributed by atoms with Gasteiger partial charge in [-0.2, -0.15) is 0 Å². The first-order valence-electron chi connectivity index (χ1n) is 9.64. The van der Waals surface area contributed by atoms with Crippen LogP contribution in [0.3, 0.4) is 0 Å². The predicted molar refractivity (Wildman–Crippen MR) is 107 cm³/mol. The highest BCUT2D eigenvalue weighted by atomic mass is 19.1. The lowest BCUT2D eigenvalue weighted by Gasteiger charge is -2.25. The lowest BCUT2D eigenvalue weighted by atomic mass is 10.2. The van der Waals surface area contributed by atoms with E-state index in [9.17, 15) is 19.1 Å². The second-order valence-electron chi connectivity index (χ2n) is 7.08. The minimum atomic E-state index is -0.689. The third-order valence-electron chi connectivity index (χ3n) is 4.98. The molecule has 2 aromatic rings. The first kappa shape index (κ1) is 21.7. The van der Waals surface area contributed by atoms with E-state index in [0.717, 1.165) is 5.56 Å². The zero-order chi connectivity index (χ0) is 21.5. The second kappa shape index (κ2) is 10.2. The summed E-state index contributed by atoms with van der Waals surface area (Å²) in [5.74, 6) is -0.453. The van der Waals surface area contributed by atoms with Gasteiger partial charge >= 0.3 is 0 Å². The Bertz CT molecular complexity index is 874. The number of aliphatic hydroxyl groups is 1. The maximum atomic E-state index is 13.9. The summed E-state index contributed by atoms with van der Waals surface area (Å²) in [6, 6.07) is 13.6. The number of carbonyl (C=O) groups is 2. The first-order chi connectivity index (χ1) is 14.5. The molecular formula is C22H25FN2O5. The summed E-state index contributed by atoms with van der Waals surface area (Å²) in [7, 11) is 1.58. The topological polar surface area (TPSA) is 79.3 Å². The standard InChI is InChI=1S/C22H25FN2O5/c1-29-18-8-6-16(7-9-18)10-24-11-19(12-25(13-21(24)27)22(28)14-26)30-15-17-4-2-3-5-20(17)23/h2-9,19,26H,10-15H2,1H3. The van der Waals surface area contributed by atoms with E-state index in [2.05, 4.69) is 0 Å². The van der Waals surface area contributed by atoms with Crippen LogP contribution in [0.2, 0.25) is 0 Å². The number of carbonyl (C=O) groups excluding carboxylic acids is 2. The van der Waals surface area contributed by atoms with Crippen molar-refractivity contribution in [1.29, 1.82) is 0 Å². The average Bonchev–Trinajstić information content (AvgIpc) is 2.92. The number of hydrogen-bond donors (Lipinski definition) is 1. The highest BCUT2D eigenvalue weighted by Gasteiger charge is 2.30. The van der Waals surface area contributed by atoms with Gasteiger partial charge < -0.3 is 24.4 Å². The fourth-order valence-electron chi connectivity index (χ4n) is 3.30. The summed E-state index contributed by atoms with van der Waals surface area (Å²) >= 11 is 0. The number of ether oxygens (including phenoxy) is 2. The number of nitrogens with zero attached hydrogens (tertiary/aromatic N) is 2. The fourth-order valence-corrected chi connectivity index (χ4v) is 3.30. The highest BCUT2D eigenvalue weighted by Crippen LogP contribution is 2.17. The Kier molecular flexibility index (Phi) is 7.37. The van der Waals surface area contributed by atoms with Crippen molar-refractivity contribution in [3.8, 4) is 5.75 Å². The molecule has 0 aromatic heterocycles. The van der Waals surface area contributed by atoms with Crippen LogP contribution in [0.4, 0.5) is 4.39 Å². The summed E-state index contributed by atoms with van der Waals surface area (Å²) in [5, 5.41) is 9.23. The minimum Gasteiger partial charge on any atom is -0.497 e. The molecule has 7 nitrogen and oxygen atoms in total. The van der Waals surface area contributed by atoms with Gasteiger partial charge in [0.1, 0.15) is 18.2 Å². The molecule has 1 aliphatic rings. The van der Waals surface area contributed by atoms with Gasteiger partial charge in [0.05, 0.1) is 26.4 Å². The summed E-state index contributed by atoms with van der Waals surface area (Å²) < 4.78 is 25.0. The Morgan fingerprint density at radius 1 is 1.17 bits per heavy atom. The molecule has 0 spiro atoms. The zero-order valence-electron chi connectivity index (χ0n) is 16.8. The van der Waals surface area contributed by atoms with Crippen LogP contribution in [-0.2, 0) is 27.5 Å². The van der Waals surface area contributed by atoms with Crippen LogP contribution in [0.1, 0.15) is 11.1 Å². The molecule has 8 heteroatoms. The van der Waals surface area contributed by atoms with Crippen LogP contribution in [-0.4, -0.2) is 66.2 Å². The molecule has 2 aromatic carbocycles. The van der Waals surface area contributed by atoms with E-state index in [4.69, 9.17) is 9.47 Å². The molecule has 3 rings (SSSR count). The minimum absolute atomic E-state index is 0.0169. The molecule has 1 fully saturated rings. The van der Waals surface area contributed by atoms with Crippen LogP contribution in [0, 0.1) is 5.82 Å². The van der Waals surface area contributed by atoms with E-state index < -0.39 is 18.6 Å². The largest absolute Gasteiger partial charge is 0.497 e. The smallest absolute Gasteiger partial charge is 0.248 e. The van der Waals surface area contributed by atoms with Crippen molar-refractivity contribution in [2.24, 2.45) is 0 Å². The molecule has 0 bridgehead atoms. The van der Waals surface area contributed by atoms with E-state index in [1.807, 2.05) is 24.3 Å². The average molecular weight is 416 g/mol. The van der Waals surface area contributed by atoms with Crippen molar-refractivity contribution < 1.29 is 28.6 Å². The molecule has 30 heavy (non-hydrogen) atoms. The lowest BCUT2D eigenvalue weighted by molar-refractivity contribution is -0.140. The maximum absolute atomic E-state index is 13.9. The van der Waals surface area contributed by atoms with E-state index in [-0.39, 0.29) is 38.0 Å². The molecule has 0 saturated carbocycles. The van der Waals surface area contributed by atoms with Crippen molar-refractivity contribution >= 4 is 11.8 Å². The molecule has 1 saturated heterocycles.